The highest BCUT2D eigenvalue weighted by molar-refractivity contribution is 5.93. The Labute approximate surface area is 115 Å². The smallest absolute Gasteiger partial charge is 0.238 e. The second-order valence-corrected chi connectivity index (χ2v) is 4.74. The Balaban J connectivity index is 2.56. The van der Waals surface area contributed by atoms with E-state index >= 15 is 0 Å². The Kier molecular flexibility index (Phi) is 6.53. The number of rotatable bonds is 7. The molecule has 0 heterocycles. The van der Waals surface area contributed by atoms with E-state index in [9.17, 15) is 4.79 Å². The van der Waals surface area contributed by atoms with Crippen LogP contribution in [-0.2, 0) is 4.79 Å². The van der Waals surface area contributed by atoms with Gasteiger partial charge in [-0.3, -0.25) is 9.69 Å². The first-order valence-corrected chi connectivity index (χ1v) is 6.77. The Hall–Kier alpha value is -1.39. The van der Waals surface area contributed by atoms with Crippen molar-refractivity contribution in [1.29, 1.82) is 0 Å². The van der Waals surface area contributed by atoms with E-state index in [4.69, 9.17) is 5.11 Å². The molecule has 0 radical (unpaired) electrons. The van der Waals surface area contributed by atoms with Crippen molar-refractivity contribution in [2.24, 2.45) is 0 Å². The standard InChI is InChI=1S/C15H24N2O2/c1-4-17(9-6-10-18)11-15(19)16-14-8-5-7-12(2)13(14)3/h5,7-8,18H,4,6,9-11H2,1-3H3,(H,16,19). The van der Waals surface area contributed by atoms with Gasteiger partial charge in [0.1, 0.15) is 0 Å². The molecule has 0 spiro atoms. The number of hydrogen-bond acceptors (Lipinski definition) is 3. The van der Waals surface area contributed by atoms with Crippen LogP contribution in [0.2, 0.25) is 0 Å². The summed E-state index contributed by atoms with van der Waals surface area (Å²) in [6, 6.07) is 5.90. The molecular weight excluding hydrogens is 240 g/mol. The van der Waals surface area contributed by atoms with Crippen molar-refractivity contribution in [3.8, 4) is 0 Å². The third-order valence-electron chi connectivity index (χ3n) is 3.33. The molecule has 4 nitrogen and oxygen atoms in total. The van der Waals surface area contributed by atoms with E-state index in [1.165, 1.54) is 5.56 Å². The van der Waals surface area contributed by atoms with Gasteiger partial charge in [0.2, 0.25) is 5.91 Å². The second-order valence-electron chi connectivity index (χ2n) is 4.74. The van der Waals surface area contributed by atoms with Gasteiger partial charge in [-0.25, -0.2) is 0 Å². The maximum atomic E-state index is 12.0. The van der Waals surface area contributed by atoms with E-state index in [2.05, 4.69) is 5.32 Å². The zero-order chi connectivity index (χ0) is 14.3. The summed E-state index contributed by atoms with van der Waals surface area (Å²) in [5.74, 6) is -0.00603. The molecule has 4 heteroatoms. The van der Waals surface area contributed by atoms with Crippen molar-refractivity contribution >= 4 is 11.6 Å². The van der Waals surface area contributed by atoms with Crippen LogP contribution in [0, 0.1) is 13.8 Å². The minimum absolute atomic E-state index is 0.00603. The molecule has 2 N–H and O–H groups in total. The topological polar surface area (TPSA) is 52.6 Å². The Morgan fingerprint density at radius 2 is 2.11 bits per heavy atom. The van der Waals surface area contributed by atoms with Gasteiger partial charge in [-0.05, 0) is 44.0 Å². The number of hydrogen-bond donors (Lipinski definition) is 2. The number of carbonyl (C=O) groups excluding carboxylic acids is 1. The predicted molar refractivity (Wildman–Crippen MR) is 78.4 cm³/mol. The second kappa shape index (κ2) is 7.92. The summed E-state index contributed by atoms with van der Waals surface area (Å²) in [5.41, 5.74) is 3.16. The summed E-state index contributed by atoms with van der Waals surface area (Å²) in [6.07, 6.45) is 0.699. The summed E-state index contributed by atoms with van der Waals surface area (Å²) in [4.78, 5) is 14.0. The highest BCUT2D eigenvalue weighted by atomic mass is 16.3. The lowest BCUT2D eigenvalue weighted by atomic mass is 10.1. The molecule has 0 saturated carbocycles. The molecule has 0 fully saturated rings. The van der Waals surface area contributed by atoms with E-state index in [0.29, 0.717) is 13.0 Å². The van der Waals surface area contributed by atoms with Crippen LogP contribution in [0.25, 0.3) is 0 Å². The van der Waals surface area contributed by atoms with Crippen molar-refractivity contribution in [2.45, 2.75) is 27.2 Å². The number of aryl methyl sites for hydroxylation is 1. The monoisotopic (exact) mass is 264 g/mol. The molecule has 1 aromatic rings. The van der Waals surface area contributed by atoms with Gasteiger partial charge in [-0.15, -0.1) is 0 Å². The number of carbonyl (C=O) groups is 1. The van der Waals surface area contributed by atoms with E-state index in [1.807, 2.05) is 43.9 Å². The SMILES string of the molecule is CCN(CCCO)CC(=O)Nc1cccc(C)c1C. The van der Waals surface area contributed by atoms with Gasteiger partial charge < -0.3 is 10.4 Å². The van der Waals surface area contributed by atoms with Crippen LogP contribution in [0.15, 0.2) is 18.2 Å². The van der Waals surface area contributed by atoms with E-state index < -0.39 is 0 Å². The van der Waals surface area contributed by atoms with E-state index in [0.717, 1.165) is 24.3 Å². The van der Waals surface area contributed by atoms with Gasteiger partial charge in [0.05, 0.1) is 6.54 Å². The summed E-state index contributed by atoms with van der Waals surface area (Å²) in [7, 11) is 0. The first-order valence-electron chi connectivity index (χ1n) is 6.77. The summed E-state index contributed by atoms with van der Waals surface area (Å²) in [5, 5.41) is 11.8. The van der Waals surface area contributed by atoms with Gasteiger partial charge in [0.25, 0.3) is 0 Å². The van der Waals surface area contributed by atoms with Gasteiger partial charge in [0.15, 0.2) is 0 Å². The number of benzene rings is 1. The summed E-state index contributed by atoms with van der Waals surface area (Å²) >= 11 is 0. The average molecular weight is 264 g/mol. The quantitative estimate of drug-likeness (QED) is 0.791. The lowest BCUT2D eigenvalue weighted by molar-refractivity contribution is -0.117. The highest BCUT2D eigenvalue weighted by Crippen LogP contribution is 2.17. The molecule has 0 atom stereocenters. The van der Waals surface area contributed by atoms with Crippen LogP contribution in [0.1, 0.15) is 24.5 Å². The Bertz CT molecular complexity index is 419. The first kappa shape index (κ1) is 15.7. The molecule has 0 aliphatic heterocycles. The fraction of sp³-hybridized carbons (Fsp3) is 0.533. The molecule has 0 saturated heterocycles. The highest BCUT2D eigenvalue weighted by Gasteiger charge is 2.10. The number of aliphatic hydroxyl groups excluding tert-OH is 1. The fourth-order valence-corrected chi connectivity index (χ4v) is 1.92. The van der Waals surface area contributed by atoms with Crippen LogP contribution < -0.4 is 5.32 Å². The zero-order valence-electron chi connectivity index (χ0n) is 12.1. The third kappa shape index (κ3) is 5.01. The summed E-state index contributed by atoms with van der Waals surface area (Å²) < 4.78 is 0. The van der Waals surface area contributed by atoms with E-state index in [-0.39, 0.29) is 12.5 Å². The molecule has 0 aliphatic rings. The third-order valence-corrected chi connectivity index (χ3v) is 3.33. The fourth-order valence-electron chi connectivity index (χ4n) is 1.92. The lowest BCUT2D eigenvalue weighted by Gasteiger charge is -2.19. The lowest BCUT2D eigenvalue weighted by Crippen LogP contribution is -2.34. The van der Waals surface area contributed by atoms with Crippen molar-refractivity contribution < 1.29 is 9.90 Å². The van der Waals surface area contributed by atoms with E-state index in [1.54, 1.807) is 0 Å². The Morgan fingerprint density at radius 3 is 2.74 bits per heavy atom. The maximum Gasteiger partial charge on any atom is 0.238 e. The first-order chi connectivity index (χ1) is 9.08. The van der Waals surface area contributed by atoms with Crippen molar-refractivity contribution in [3.63, 3.8) is 0 Å². The number of likely N-dealkylation sites (N-methyl/N-ethyl adjacent to an activating group) is 1. The molecule has 106 valence electrons. The van der Waals surface area contributed by atoms with Crippen LogP contribution in [0.3, 0.4) is 0 Å². The molecular formula is C15H24N2O2. The number of aliphatic hydroxyl groups is 1. The predicted octanol–water partition coefficient (Wildman–Crippen LogP) is 1.95. The van der Waals surface area contributed by atoms with Gasteiger partial charge in [0, 0.05) is 18.8 Å². The Morgan fingerprint density at radius 1 is 1.37 bits per heavy atom. The molecule has 1 rings (SSSR count). The molecule has 1 amide bonds. The molecule has 0 unspecified atom stereocenters. The van der Waals surface area contributed by atoms with Crippen molar-refractivity contribution in [2.75, 3.05) is 31.6 Å². The molecule has 0 aliphatic carbocycles. The van der Waals surface area contributed by atoms with Crippen LogP contribution in [0.5, 0.6) is 0 Å². The van der Waals surface area contributed by atoms with Crippen molar-refractivity contribution in [3.05, 3.63) is 29.3 Å². The minimum Gasteiger partial charge on any atom is -0.396 e. The molecule has 1 aromatic carbocycles. The largest absolute Gasteiger partial charge is 0.396 e. The van der Waals surface area contributed by atoms with Gasteiger partial charge >= 0.3 is 0 Å². The van der Waals surface area contributed by atoms with Crippen LogP contribution in [-0.4, -0.2) is 42.2 Å². The average Bonchev–Trinajstić information content (AvgIpc) is 2.40. The molecule has 19 heavy (non-hydrogen) atoms. The van der Waals surface area contributed by atoms with Crippen LogP contribution in [0.4, 0.5) is 5.69 Å². The summed E-state index contributed by atoms with van der Waals surface area (Å²) in [6.45, 7) is 8.13. The maximum absolute atomic E-state index is 12.0. The number of nitrogens with zero attached hydrogens (tertiary/aromatic N) is 1. The zero-order valence-corrected chi connectivity index (χ0v) is 12.1. The molecule has 0 bridgehead atoms. The van der Waals surface area contributed by atoms with Crippen LogP contribution >= 0.6 is 0 Å². The number of anilines is 1. The van der Waals surface area contributed by atoms with Crippen molar-refractivity contribution in [1.82, 2.24) is 4.90 Å². The molecule has 0 aromatic heterocycles. The number of amides is 1. The van der Waals surface area contributed by atoms with Gasteiger partial charge in [-0.2, -0.15) is 0 Å². The normalized spacial score (nSPS) is 10.8. The number of nitrogens with one attached hydrogen (secondary N) is 1. The van der Waals surface area contributed by atoms with Gasteiger partial charge in [-0.1, -0.05) is 19.1 Å². The minimum atomic E-state index is -0.00603.